The van der Waals surface area contributed by atoms with Crippen molar-refractivity contribution in [3.63, 3.8) is 0 Å². The predicted molar refractivity (Wildman–Crippen MR) is 72.8 cm³/mol. The highest BCUT2D eigenvalue weighted by atomic mass is 16.4. The van der Waals surface area contributed by atoms with Gasteiger partial charge in [-0.05, 0) is 50.4 Å². The zero-order chi connectivity index (χ0) is 13.1. The van der Waals surface area contributed by atoms with Crippen LogP contribution >= 0.6 is 0 Å². The lowest BCUT2D eigenvalue weighted by atomic mass is 10.0. The Hall–Kier alpha value is -1.55. The van der Waals surface area contributed by atoms with Crippen molar-refractivity contribution < 1.29 is 5.21 Å². The molecule has 1 aliphatic rings. The molecule has 18 heavy (non-hydrogen) atoms. The van der Waals surface area contributed by atoms with Crippen LogP contribution in [-0.2, 0) is 6.54 Å². The fourth-order valence-corrected chi connectivity index (χ4v) is 2.54. The Kier molecular flexibility index (Phi) is 3.87. The molecule has 98 valence electrons. The molecule has 1 aromatic carbocycles. The van der Waals surface area contributed by atoms with Crippen LogP contribution in [0.15, 0.2) is 23.4 Å². The van der Waals surface area contributed by atoms with E-state index in [9.17, 15) is 0 Å². The third-order valence-corrected chi connectivity index (χ3v) is 3.81. The van der Waals surface area contributed by atoms with Gasteiger partial charge in [-0.2, -0.15) is 0 Å². The van der Waals surface area contributed by atoms with Gasteiger partial charge >= 0.3 is 0 Å². The summed E-state index contributed by atoms with van der Waals surface area (Å²) in [5.41, 5.74) is 8.87. The minimum absolute atomic E-state index is 0.166. The average molecular weight is 247 g/mol. The Morgan fingerprint density at radius 2 is 2.33 bits per heavy atom. The maximum atomic E-state index is 8.67. The lowest BCUT2D eigenvalue weighted by molar-refractivity contribution is 0.260. The minimum Gasteiger partial charge on any atom is -0.409 e. The van der Waals surface area contributed by atoms with Gasteiger partial charge in [-0.25, -0.2) is 0 Å². The van der Waals surface area contributed by atoms with E-state index in [0.717, 1.165) is 12.1 Å². The van der Waals surface area contributed by atoms with Crippen molar-refractivity contribution in [3.8, 4) is 0 Å². The number of oxime groups is 1. The molecule has 0 aromatic heterocycles. The van der Waals surface area contributed by atoms with E-state index in [2.05, 4.69) is 30.0 Å². The Morgan fingerprint density at radius 1 is 1.56 bits per heavy atom. The van der Waals surface area contributed by atoms with E-state index in [0.29, 0.717) is 6.04 Å². The zero-order valence-corrected chi connectivity index (χ0v) is 11.1. The Balaban J connectivity index is 2.15. The number of aryl methyl sites for hydroxylation is 1. The molecule has 0 radical (unpaired) electrons. The molecule has 0 spiro atoms. The molecule has 1 fully saturated rings. The standard InChI is InChI=1S/C14H21N3O/c1-10-8-12(14(15)16-18)5-6-13(10)9-17-7-3-4-11(17)2/h5-6,8,11,18H,3-4,7,9H2,1-2H3,(H2,15,16). The van der Waals surface area contributed by atoms with Gasteiger partial charge in [0.25, 0.3) is 0 Å². The van der Waals surface area contributed by atoms with Crippen molar-refractivity contribution in [1.29, 1.82) is 0 Å². The van der Waals surface area contributed by atoms with Crippen LogP contribution in [0.5, 0.6) is 0 Å². The quantitative estimate of drug-likeness (QED) is 0.372. The second kappa shape index (κ2) is 5.40. The van der Waals surface area contributed by atoms with Crippen molar-refractivity contribution in [3.05, 3.63) is 34.9 Å². The molecule has 1 aromatic rings. The average Bonchev–Trinajstić information content (AvgIpc) is 2.76. The summed E-state index contributed by atoms with van der Waals surface area (Å²) in [5.74, 6) is 0.166. The second-order valence-corrected chi connectivity index (χ2v) is 5.09. The second-order valence-electron chi connectivity index (χ2n) is 5.09. The maximum absolute atomic E-state index is 8.67. The molecule has 1 unspecified atom stereocenters. The molecular formula is C14H21N3O. The van der Waals surface area contributed by atoms with Crippen LogP contribution in [0.4, 0.5) is 0 Å². The highest BCUT2D eigenvalue weighted by Gasteiger charge is 2.20. The number of rotatable bonds is 3. The first-order valence-corrected chi connectivity index (χ1v) is 6.43. The molecule has 0 bridgehead atoms. The van der Waals surface area contributed by atoms with Crippen LogP contribution in [0, 0.1) is 6.92 Å². The SMILES string of the molecule is Cc1cc(/C(N)=N/O)ccc1CN1CCCC1C. The molecule has 4 nitrogen and oxygen atoms in total. The molecule has 1 saturated heterocycles. The fourth-order valence-electron chi connectivity index (χ4n) is 2.54. The molecule has 3 N–H and O–H groups in total. The normalized spacial score (nSPS) is 21.4. The summed E-state index contributed by atoms with van der Waals surface area (Å²) in [6, 6.07) is 6.64. The molecule has 0 amide bonds. The third-order valence-electron chi connectivity index (χ3n) is 3.81. The van der Waals surface area contributed by atoms with Gasteiger partial charge in [0.15, 0.2) is 5.84 Å². The van der Waals surface area contributed by atoms with Gasteiger partial charge in [0.05, 0.1) is 0 Å². The Bertz CT molecular complexity index is 456. The third kappa shape index (κ3) is 2.64. The topological polar surface area (TPSA) is 61.9 Å². The Morgan fingerprint density at radius 3 is 2.89 bits per heavy atom. The molecular weight excluding hydrogens is 226 g/mol. The summed E-state index contributed by atoms with van der Waals surface area (Å²) in [5, 5.41) is 11.7. The summed E-state index contributed by atoms with van der Waals surface area (Å²) in [6.07, 6.45) is 2.59. The van der Waals surface area contributed by atoms with Crippen LogP contribution < -0.4 is 5.73 Å². The fraction of sp³-hybridized carbons (Fsp3) is 0.500. The first-order valence-electron chi connectivity index (χ1n) is 6.43. The number of nitrogens with two attached hydrogens (primary N) is 1. The number of benzene rings is 1. The van der Waals surface area contributed by atoms with Gasteiger partial charge < -0.3 is 10.9 Å². The van der Waals surface area contributed by atoms with E-state index in [1.54, 1.807) is 0 Å². The van der Waals surface area contributed by atoms with Gasteiger partial charge in [0.1, 0.15) is 0 Å². The largest absolute Gasteiger partial charge is 0.409 e. The molecule has 4 heteroatoms. The smallest absolute Gasteiger partial charge is 0.170 e. The number of hydrogen-bond donors (Lipinski definition) is 2. The minimum atomic E-state index is 0.166. The van der Waals surface area contributed by atoms with Crippen molar-refractivity contribution in [2.24, 2.45) is 10.9 Å². The van der Waals surface area contributed by atoms with Gasteiger partial charge in [0, 0.05) is 18.2 Å². The van der Waals surface area contributed by atoms with E-state index in [1.165, 1.54) is 30.5 Å². The van der Waals surface area contributed by atoms with E-state index in [1.807, 2.05) is 12.1 Å². The Labute approximate surface area is 108 Å². The van der Waals surface area contributed by atoms with Crippen molar-refractivity contribution in [2.75, 3.05) is 6.54 Å². The van der Waals surface area contributed by atoms with Crippen LogP contribution in [0.3, 0.4) is 0 Å². The molecule has 1 atom stereocenters. The summed E-state index contributed by atoms with van der Waals surface area (Å²) in [7, 11) is 0. The lowest BCUT2D eigenvalue weighted by Crippen LogP contribution is -2.26. The van der Waals surface area contributed by atoms with Gasteiger partial charge in [-0.1, -0.05) is 17.3 Å². The van der Waals surface area contributed by atoms with E-state index in [4.69, 9.17) is 10.9 Å². The van der Waals surface area contributed by atoms with Gasteiger partial charge in [-0.3, -0.25) is 4.90 Å². The van der Waals surface area contributed by atoms with Gasteiger partial charge in [-0.15, -0.1) is 0 Å². The van der Waals surface area contributed by atoms with E-state index < -0.39 is 0 Å². The molecule has 2 rings (SSSR count). The first-order chi connectivity index (χ1) is 8.61. The van der Waals surface area contributed by atoms with Crippen molar-refractivity contribution in [1.82, 2.24) is 4.90 Å². The van der Waals surface area contributed by atoms with Crippen molar-refractivity contribution >= 4 is 5.84 Å². The zero-order valence-electron chi connectivity index (χ0n) is 11.1. The summed E-state index contributed by atoms with van der Waals surface area (Å²) in [6.45, 7) is 6.53. The number of nitrogens with zero attached hydrogens (tertiary/aromatic N) is 2. The molecule has 0 saturated carbocycles. The number of likely N-dealkylation sites (tertiary alicyclic amines) is 1. The maximum Gasteiger partial charge on any atom is 0.170 e. The predicted octanol–water partition coefficient (Wildman–Crippen LogP) is 2.07. The van der Waals surface area contributed by atoms with Crippen LogP contribution in [0.25, 0.3) is 0 Å². The van der Waals surface area contributed by atoms with Crippen LogP contribution in [-0.4, -0.2) is 28.5 Å². The molecule has 1 aliphatic heterocycles. The van der Waals surface area contributed by atoms with Gasteiger partial charge in [0.2, 0.25) is 0 Å². The highest BCUT2D eigenvalue weighted by molar-refractivity contribution is 5.97. The summed E-state index contributed by atoms with van der Waals surface area (Å²) in [4.78, 5) is 2.51. The van der Waals surface area contributed by atoms with Crippen LogP contribution in [0.1, 0.15) is 36.5 Å². The summed E-state index contributed by atoms with van der Waals surface area (Å²) < 4.78 is 0. The monoisotopic (exact) mass is 247 g/mol. The lowest BCUT2D eigenvalue weighted by Gasteiger charge is -2.22. The highest BCUT2D eigenvalue weighted by Crippen LogP contribution is 2.21. The van der Waals surface area contributed by atoms with Crippen molar-refractivity contribution in [2.45, 2.75) is 39.3 Å². The first kappa shape index (κ1) is 12.9. The number of hydrogen-bond acceptors (Lipinski definition) is 3. The number of amidine groups is 1. The molecule has 1 heterocycles. The van der Waals surface area contributed by atoms with Crippen LogP contribution in [0.2, 0.25) is 0 Å². The van der Waals surface area contributed by atoms with E-state index in [-0.39, 0.29) is 5.84 Å². The molecule has 0 aliphatic carbocycles. The summed E-state index contributed by atoms with van der Waals surface area (Å²) >= 11 is 0. The van der Waals surface area contributed by atoms with E-state index >= 15 is 0 Å².